The maximum absolute atomic E-state index is 11.9. The number of likely N-dealkylation sites (tertiary alicyclic amines) is 1. The standard InChI is InChI=1S/C12H22N2O3/c1-3-4-9-17-12(16)13-10(2)11(15)14-7-5-6-8-14/h10H,3-9H2,1-2H3,(H,13,16). The van der Waals surface area contributed by atoms with Gasteiger partial charge in [-0.1, -0.05) is 13.3 Å². The van der Waals surface area contributed by atoms with Gasteiger partial charge in [-0.25, -0.2) is 4.79 Å². The Labute approximate surface area is 102 Å². The Balaban J connectivity index is 2.24. The van der Waals surface area contributed by atoms with Gasteiger partial charge in [0.15, 0.2) is 0 Å². The molecule has 1 aliphatic rings. The molecule has 0 spiro atoms. The highest BCUT2D eigenvalue weighted by atomic mass is 16.5. The van der Waals surface area contributed by atoms with Crippen molar-refractivity contribution in [1.82, 2.24) is 10.2 Å². The first-order chi connectivity index (χ1) is 8.15. The summed E-state index contributed by atoms with van der Waals surface area (Å²) in [6, 6.07) is -0.498. The third-order valence-electron chi connectivity index (χ3n) is 2.85. The van der Waals surface area contributed by atoms with Crippen molar-refractivity contribution in [2.24, 2.45) is 0 Å². The smallest absolute Gasteiger partial charge is 0.407 e. The molecule has 5 nitrogen and oxygen atoms in total. The van der Waals surface area contributed by atoms with Gasteiger partial charge in [0.05, 0.1) is 6.61 Å². The molecule has 0 aliphatic carbocycles. The van der Waals surface area contributed by atoms with E-state index >= 15 is 0 Å². The lowest BCUT2D eigenvalue weighted by atomic mass is 10.3. The van der Waals surface area contributed by atoms with E-state index < -0.39 is 12.1 Å². The van der Waals surface area contributed by atoms with E-state index in [1.807, 2.05) is 6.92 Å². The number of hydrogen-bond donors (Lipinski definition) is 1. The van der Waals surface area contributed by atoms with Gasteiger partial charge in [0.2, 0.25) is 5.91 Å². The quantitative estimate of drug-likeness (QED) is 0.744. The van der Waals surface area contributed by atoms with Crippen molar-refractivity contribution in [3.8, 4) is 0 Å². The second-order valence-corrected chi connectivity index (χ2v) is 4.39. The first kappa shape index (κ1) is 13.8. The van der Waals surface area contributed by atoms with Gasteiger partial charge in [-0.3, -0.25) is 4.79 Å². The molecule has 5 heteroatoms. The van der Waals surface area contributed by atoms with Crippen molar-refractivity contribution in [2.45, 2.75) is 45.6 Å². The van der Waals surface area contributed by atoms with Crippen LogP contribution in [0.25, 0.3) is 0 Å². The maximum atomic E-state index is 11.9. The number of carbonyl (C=O) groups excluding carboxylic acids is 2. The molecule has 98 valence electrons. The molecule has 1 heterocycles. The Morgan fingerprint density at radius 3 is 2.59 bits per heavy atom. The molecule has 1 N–H and O–H groups in total. The van der Waals surface area contributed by atoms with E-state index in [0.717, 1.165) is 38.8 Å². The van der Waals surface area contributed by atoms with E-state index in [1.165, 1.54) is 0 Å². The van der Waals surface area contributed by atoms with Gasteiger partial charge in [0.1, 0.15) is 6.04 Å². The lowest BCUT2D eigenvalue weighted by Crippen LogP contribution is -2.46. The first-order valence-electron chi connectivity index (χ1n) is 6.37. The Hall–Kier alpha value is -1.26. The third-order valence-corrected chi connectivity index (χ3v) is 2.85. The van der Waals surface area contributed by atoms with Crippen LogP contribution in [0.1, 0.15) is 39.5 Å². The van der Waals surface area contributed by atoms with Crippen LogP contribution < -0.4 is 5.32 Å². The Morgan fingerprint density at radius 2 is 2.00 bits per heavy atom. The zero-order valence-electron chi connectivity index (χ0n) is 10.7. The van der Waals surface area contributed by atoms with Crippen LogP contribution in [-0.2, 0) is 9.53 Å². The number of unbranched alkanes of at least 4 members (excludes halogenated alkanes) is 1. The highest BCUT2D eigenvalue weighted by Gasteiger charge is 2.24. The summed E-state index contributed by atoms with van der Waals surface area (Å²) < 4.78 is 4.95. The zero-order chi connectivity index (χ0) is 12.7. The number of hydrogen-bond acceptors (Lipinski definition) is 3. The summed E-state index contributed by atoms with van der Waals surface area (Å²) in [5.41, 5.74) is 0. The second kappa shape index (κ2) is 7.14. The van der Waals surface area contributed by atoms with Crippen molar-refractivity contribution >= 4 is 12.0 Å². The number of rotatable bonds is 5. The average molecular weight is 242 g/mol. The fraction of sp³-hybridized carbons (Fsp3) is 0.833. The van der Waals surface area contributed by atoms with Crippen molar-refractivity contribution in [3.05, 3.63) is 0 Å². The average Bonchev–Trinajstić information content (AvgIpc) is 2.81. The summed E-state index contributed by atoms with van der Waals surface area (Å²) in [6.07, 6.45) is 3.44. The number of amides is 2. The number of ether oxygens (including phenoxy) is 1. The van der Waals surface area contributed by atoms with Crippen LogP contribution in [0.5, 0.6) is 0 Å². The molecular weight excluding hydrogens is 220 g/mol. The topological polar surface area (TPSA) is 58.6 Å². The predicted molar refractivity (Wildman–Crippen MR) is 64.7 cm³/mol. The Bertz CT molecular complexity index is 262. The van der Waals surface area contributed by atoms with Gasteiger partial charge in [0.25, 0.3) is 0 Å². The Morgan fingerprint density at radius 1 is 1.35 bits per heavy atom. The molecule has 0 aromatic heterocycles. The van der Waals surface area contributed by atoms with E-state index in [0.29, 0.717) is 6.61 Å². The SMILES string of the molecule is CCCCOC(=O)NC(C)C(=O)N1CCCC1. The Kier molecular flexibility index (Phi) is 5.80. The molecule has 0 aromatic rings. The molecule has 1 atom stereocenters. The summed E-state index contributed by atoms with van der Waals surface area (Å²) >= 11 is 0. The van der Waals surface area contributed by atoms with Crippen LogP contribution >= 0.6 is 0 Å². The monoisotopic (exact) mass is 242 g/mol. The predicted octanol–water partition coefficient (Wildman–Crippen LogP) is 1.52. The minimum Gasteiger partial charge on any atom is -0.450 e. The van der Waals surface area contributed by atoms with E-state index in [4.69, 9.17) is 4.74 Å². The molecule has 0 radical (unpaired) electrons. The minimum atomic E-state index is -0.501. The highest BCUT2D eigenvalue weighted by Crippen LogP contribution is 2.08. The molecule has 1 unspecified atom stereocenters. The van der Waals surface area contributed by atoms with Crippen LogP contribution in [0.2, 0.25) is 0 Å². The van der Waals surface area contributed by atoms with E-state index in [2.05, 4.69) is 5.32 Å². The molecule has 1 saturated heterocycles. The second-order valence-electron chi connectivity index (χ2n) is 4.39. The third kappa shape index (κ3) is 4.63. The fourth-order valence-corrected chi connectivity index (χ4v) is 1.80. The van der Waals surface area contributed by atoms with Gasteiger partial charge >= 0.3 is 6.09 Å². The molecule has 0 saturated carbocycles. The van der Waals surface area contributed by atoms with Crippen LogP contribution in [-0.4, -0.2) is 42.6 Å². The van der Waals surface area contributed by atoms with E-state index in [-0.39, 0.29) is 5.91 Å². The van der Waals surface area contributed by atoms with Crippen molar-refractivity contribution in [3.63, 3.8) is 0 Å². The van der Waals surface area contributed by atoms with Crippen LogP contribution in [0.3, 0.4) is 0 Å². The normalized spacial score (nSPS) is 16.7. The largest absolute Gasteiger partial charge is 0.450 e. The van der Waals surface area contributed by atoms with Gasteiger partial charge in [0, 0.05) is 13.1 Å². The summed E-state index contributed by atoms with van der Waals surface area (Å²) in [5.74, 6) is -0.0186. The molecule has 1 rings (SSSR count). The number of nitrogens with zero attached hydrogens (tertiary/aromatic N) is 1. The first-order valence-corrected chi connectivity index (χ1v) is 6.37. The lowest BCUT2D eigenvalue weighted by molar-refractivity contribution is -0.131. The number of alkyl carbamates (subject to hydrolysis) is 1. The number of nitrogens with one attached hydrogen (secondary N) is 1. The van der Waals surface area contributed by atoms with Gasteiger partial charge in [-0.05, 0) is 26.2 Å². The molecule has 1 aliphatic heterocycles. The summed E-state index contributed by atoms with van der Waals surface area (Å²) in [5, 5.41) is 2.56. The maximum Gasteiger partial charge on any atom is 0.407 e. The van der Waals surface area contributed by atoms with E-state index in [9.17, 15) is 9.59 Å². The van der Waals surface area contributed by atoms with Gasteiger partial charge < -0.3 is 15.0 Å². The lowest BCUT2D eigenvalue weighted by Gasteiger charge is -2.20. The zero-order valence-corrected chi connectivity index (χ0v) is 10.7. The molecule has 0 bridgehead atoms. The van der Waals surface area contributed by atoms with Crippen molar-refractivity contribution < 1.29 is 14.3 Å². The molecule has 2 amide bonds. The van der Waals surface area contributed by atoms with E-state index in [1.54, 1.807) is 11.8 Å². The van der Waals surface area contributed by atoms with Crippen LogP contribution in [0, 0.1) is 0 Å². The van der Waals surface area contributed by atoms with Gasteiger partial charge in [-0.2, -0.15) is 0 Å². The molecule has 0 aromatic carbocycles. The molecule has 1 fully saturated rings. The summed E-state index contributed by atoms with van der Waals surface area (Å²) in [6.45, 7) is 5.74. The minimum absolute atomic E-state index is 0.0186. The van der Waals surface area contributed by atoms with Gasteiger partial charge in [-0.15, -0.1) is 0 Å². The summed E-state index contributed by atoms with van der Waals surface area (Å²) in [4.78, 5) is 25.0. The molecule has 17 heavy (non-hydrogen) atoms. The summed E-state index contributed by atoms with van der Waals surface area (Å²) in [7, 11) is 0. The highest BCUT2D eigenvalue weighted by molar-refractivity contribution is 5.85. The van der Waals surface area contributed by atoms with Crippen LogP contribution in [0.15, 0.2) is 0 Å². The number of carbonyl (C=O) groups is 2. The van der Waals surface area contributed by atoms with Crippen molar-refractivity contribution in [1.29, 1.82) is 0 Å². The van der Waals surface area contributed by atoms with Crippen molar-refractivity contribution in [2.75, 3.05) is 19.7 Å². The molecular formula is C12H22N2O3. The van der Waals surface area contributed by atoms with Crippen LogP contribution in [0.4, 0.5) is 4.79 Å². The fourth-order valence-electron chi connectivity index (χ4n) is 1.80.